The highest BCUT2D eigenvalue weighted by atomic mass is 35.5. The minimum absolute atomic E-state index is 0.116. The van der Waals surface area contributed by atoms with E-state index in [1.54, 1.807) is 0 Å². The molecular formula is C20H18Cl2NO+. The highest BCUT2D eigenvalue weighted by Gasteiger charge is 2.26. The molecule has 1 heterocycles. The molecule has 0 saturated carbocycles. The quantitative estimate of drug-likeness (QED) is 0.814. The van der Waals surface area contributed by atoms with E-state index in [0.29, 0.717) is 10.0 Å². The van der Waals surface area contributed by atoms with Crippen molar-refractivity contribution in [1.29, 1.82) is 0 Å². The Balaban J connectivity index is 1.90. The summed E-state index contributed by atoms with van der Waals surface area (Å²) in [4.78, 5) is 14.1. The number of halogens is 2. The zero-order valence-corrected chi connectivity index (χ0v) is 14.9. The number of piperidine rings is 1. The molecule has 0 amide bonds. The molecule has 0 aromatic heterocycles. The number of likely N-dealkylation sites (N-methyl/N-ethyl adjacent to an activating group) is 1. The van der Waals surface area contributed by atoms with Crippen molar-refractivity contribution in [2.45, 2.75) is 0 Å². The summed E-state index contributed by atoms with van der Waals surface area (Å²) in [5, 5.41) is 1.39. The van der Waals surface area contributed by atoms with Crippen LogP contribution in [0.1, 0.15) is 11.1 Å². The zero-order valence-electron chi connectivity index (χ0n) is 13.4. The fraction of sp³-hybridized carbons (Fsp3) is 0.150. The van der Waals surface area contributed by atoms with Crippen LogP contribution in [0.3, 0.4) is 0 Å². The minimum atomic E-state index is 0.116. The molecule has 122 valence electrons. The van der Waals surface area contributed by atoms with Crippen LogP contribution < -0.4 is 4.90 Å². The lowest BCUT2D eigenvalue weighted by atomic mass is 9.94. The van der Waals surface area contributed by atoms with Crippen molar-refractivity contribution in [2.24, 2.45) is 0 Å². The van der Waals surface area contributed by atoms with Crippen LogP contribution in [0.25, 0.3) is 12.2 Å². The van der Waals surface area contributed by atoms with Gasteiger partial charge in [-0.3, -0.25) is 4.79 Å². The van der Waals surface area contributed by atoms with Gasteiger partial charge in [-0.2, -0.15) is 0 Å². The third-order valence-corrected chi connectivity index (χ3v) is 4.49. The highest BCUT2D eigenvalue weighted by Crippen LogP contribution is 2.18. The van der Waals surface area contributed by atoms with Gasteiger partial charge in [-0.15, -0.1) is 0 Å². The normalized spacial score (nSPS) is 21.5. The predicted octanol–water partition coefficient (Wildman–Crippen LogP) is 3.56. The van der Waals surface area contributed by atoms with E-state index < -0.39 is 0 Å². The minimum Gasteiger partial charge on any atom is -0.330 e. The maximum absolute atomic E-state index is 12.8. The number of hydrogen-bond donors (Lipinski definition) is 1. The molecule has 1 aliphatic heterocycles. The monoisotopic (exact) mass is 358 g/mol. The van der Waals surface area contributed by atoms with Crippen LogP contribution in [-0.4, -0.2) is 25.9 Å². The molecule has 0 radical (unpaired) electrons. The second kappa shape index (κ2) is 7.35. The summed E-state index contributed by atoms with van der Waals surface area (Å²) >= 11 is 11.8. The largest absolute Gasteiger partial charge is 0.330 e. The number of benzene rings is 2. The Kier molecular flexibility index (Phi) is 5.20. The molecule has 1 saturated heterocycles. The summed E-state index contributed by atoms with van der Waals surface area (Å²) in [5.74, 6) is 0.116. The number of carbonyl (C=O) groups is 1. The first-order chi connectivity index (χ1) is 11.5. The summed E-state index contributed by atoms with van der Waals surface area (Å²) in [7, 11) is 2.10. The van der Waals surface area contributed by atoms with Crippen LogP contribution in [0.15, 0.2) is 59.7 Å². The van der Waals surface area contributed by atoms with Crippen molar-refractivity contribution in [3.63, 3.8) is 0 Å². The van der Waals surface area contributed by atoms with Crippen LogP contribution in [0.5, 0.6) is 0 Å². The standard InChI is InChI=1S/C20H17Cl2NO/c1-23-12-16(10-14-2-6-18(21)7-3-14)20(24)17(13-23)11-15-4-8-19(22)9-5-15/h2-11H,12-13H2,1H3/p+1/b16-10-,17-11+. The van der Waals surface area contributed by atoms with Gasteiger partial charge >= 0.3 is 0 Å². The molecule has 2 aromatic rings. The Labute approximate surface area is 152 Å². The van der Waals surface area contributed by atoms with E-state index in [1.807, 2.05) is 60.7 Å². The maximum atomic E-state index is 12.8. The lowest BCUT2D eigenvalue weighted by molar-refractivity contribution is -0.870. The molecule has 2 nitrogen and oxygen atoms in total. The summed E-state index contributed by atoms with van der Waals surface area (Å²) in [6, 6.07) is 15.0. The van der Waals surface area contributed by atoms with Crippen LogP contribution >= 0.6 is 23.2 Å². The molecule has 4 heteroatoms. The Hall–Kier alpha value is -1.87. The Morgan fingerprint density at radius 3 is 1.54 bits per heavy atom. The molecule has 1 atom stereocenters. The lowest BCUT2D eigenvalue weighted by Crippen LogP contribution is -3.10. The van der Waals surface area contributed by atoms with Crippen molar-refractivity contribution in [3.05, 3.63) is 80.8 Å². The molecule has 1 unspecified atom stereocenters. The third-order valence-electron chi connectivity index (χ3n) is 3.99. The van der Waals surface area contributed by atoms with E-state index in [0.717, 1.165) is 35.4 Å². The summed E-state index contributed by atoms with van der Waals surface area (Å²) in [6.07, 6.45) is 3.91. The van der Waals surface area contributed by atoms with Crippen LogP contribution in [0.4, 0.5) is 0 Å². The molecule has 1 N–H and O–H groups in total. The average Bonchev–Trinajstić information content (AvgIpc) is 2.56. The second-order valence-electron chi connectivity index (χ2n) is 6.08. The molecule has 1 fully saturated rings. The third kappa shape index (κ3) is 4.15. The van der Waals surface area contributed by atoms with Gasteiger partial charge in [-0.05, 0) is 47.5 Å². The second-order valence-corrected chi connectivity index (χ2v) is 6.95. The Morgan fingerprint density at radius 1 is 0.792 bits per heavy atom. The van der Waals surface area contributed by atoms with Crippen molar-refractivity contribution in [3.8, 4) is 0 Å². The first kappa shape index (κ1) is 17.0. The number of hydrogen-bond acceptors (Lipinski definition) is 1. The molecule has 1 aliphatic rings. The summed E-state index contributed by atoms with van der Waals surface area (Å²) < 4.78 is 0. The fourth-order valence-corrected chi connectivity index (χ4v) is 3.09. The average molecular weight is 359 g/mol. The summed E-state index contributed by atoms with van der Waals surface area (Å²) in [5.41, 5.74) is 3.62. The van der Waals surface area contributed by atoms with Gasteiger partial charge in [0.2, 0.25) is 0 Å². The van der Waals surface area contributed by atoms with Gasteiger partial charge < -0.3 is 4.90 Å². The van der Waals surface area contributed by atoms with E-state index in [2.05, 4.69) is 7.05 Å². The number of nitrogens with one attached hydrogen (secondary N) is 1. The number of likely N-dealkylation sites (tertiary alicyclic amines) is 1. The maximum Gasteiger partial charge on any atom is 0.196 e. The fourth-order valence-electron chi connectivity index (χ4n) is 2.83. The van der Waals surface area contributed by atoms with E-state index in [-0.39, 0.29) is 5.78 Å². The Morgan fingerprint density at radius 2 is 1.17 bits per heavy atom. The lowest BCUT2D eigenvalue weighted by Gasteiger charge is -2.23. The van der Waals surface area contributed by atoms with Gasteiger partial charge in [0.1, 0.15) is 13.1 Å². The van der Waals surface area contributed by atoms with Gasteiger partial charge in [-0.1, -0.05) is 47.5 Å². The smallest absolute Gasteiger partial charge is 0.196 e. The number of ketones is 1. The summed E-state index contributed by atoms with van der Waals surface area (Å²) in [6.45, 7) is 1.44. The number of Topliss-reactive ketones (excluding diaryl/α,β-unsaturated/α-hetero) is 1. The first-order valence-electron chi connectivity index (χ1n) is 7.79. The molecule has 0 bridgehead atoms. The van der Waals surface area contributed by atoms with E-state index >= 15 is 0 Å². The van der Waals surface area contributed by atoms with E-state index in [9.17, 15) is 4.79 Å². The van der Waals surface area contributed by atoms with Gasteiger partial charge in [0, 0.05) is 10.0 Å². The molecule has 3 rings (SSSR count). The highest BCUT2D eigenvalue weighted by molar-refractivity contribution is 6.30. The number of quaternary nitrogens is 1. The molecule has 2 aromatic carbocycles. The number of rotatable bonds is 2. The molecule has 24 heavy (non-hydrogen) atoms. The first-order valence-corrected chi connectivity index (χ1v) is 8.55. The van der Waals surface area contributed by atoms with Gasteiger partial charge in [0.25, 0.3) is 0 Å². The molecular weight excluding hydrogens is 341 g/mol. The molecule has 0 aliphatic carbocycles. The number of carbonyl (C=O) groups excluding carboxylic acids is 1. The van der Waals surface area contributed by atoms with E-state index in [1.165, 1.54) is 4.90 Å². The van der Waals surface area contributed by atoms with Crippen molar-refractivity contribution >= 4 is 41.1 Å². The van der Waals surface area contributed by atoms with Crippen LogP contribution in [-0.2, 0) is 4.79 Å². The Bertz CT molecular complexity index is 737. The van der Waals surface area contributed by atoms with Crippen LogP contribution in [0.2, 0.25) is 10.0 Å². The van der Waals surface area contributed by atoms with Gasteiger partial charge in [0.05, 0.1) is 18.2 Å². The zero-order chi connectivity index (χ0) is 17.1. The molecule has 0 spiro atoms. The van der Waals surface area contributed by atoms with E-state index in [4.69, 9.17) is 23.2 Å². The van der Waals surface area contributed by atoms with Crippen LogP contribution in [0, 0.1) is 0 Å². The van der Waals surface area contributed by atoms with Crippen molar-refractivity contribution < 1.29 is 9.69 Å². The topological polar surface area (TPSA) is 21.5 Å². The van der Waals surface area contributed by atoms with Gasteiger partial charge in [0.15, 0.2) is 5.78 Å². The SMILES string of the molecule is C[NH+]1C/C(=C/c2ccc(Cl)cc2)C(=O)/C(=C/c2ccc(Cl)cc2)C1. The van der Waals surface area contributed by atoms with Crippen molar-refractivity contribution in [2.75, 3.05) is 20.1 Å². The van der Waals surface area contributed by atoms with Gasteiger partial charge in [-0.25, -0.2) is 0 Å². The van der Waals surface area contributed by atoms with Crippen molar-refractivity contribution in [1.82, 2.24) is 0 Å². The predicted molar refractivity (Wildman–Crippen MR) is 100 cm³/mol.